The Bertz CT molecular complexity index is 1090. The van der Waals surface area contributed by atoms with Crippen LogP contribution in [0.15, 0.2) is 54.6 Å². The summed E-state index contributed by atoms with van der Waals surface area (Å²) in [7, 11) is -3.74. The van der Waals surface area contributed by atoms with Gasteiger partial charge in [-0.1, -0.05) is 70.2 Å². The largest absolute Gasteiger partial charge is 0.352 e. The lowest BCUT2D eigenvalue weighted by Gasteiger charge is -2.33. The molecule has 0 bridgehead atoms. The summed E-state index contributed by atoms with van der Waals surface area (Å²) < 4.78 is 26.6. The van der Waals surface area contributed by atoms with Gasteiger partial charge in [0.1, 0.15) is 12.6 Å². The zero-order valence-corrected chi connectivity index (χ0v) is 23.2. The Kier molecular flexibility index (Phi) is 11.0. The number of rotatable bonds is 13. The molecule has 0 unspecified atom stereocenters. The van der Waals surface area contributed by atoms with Crippen molar-refractivity contribution in [3.63, 3.8) is 0 Å². The number of sulfonamides is 1. The predicted molar refractivity (Wildman–Crippen MR) is 147 cm³/mol. The minimum Gasteiger partial charge on any atom is -0.352 e. The first-order valence-corrected chi connectivity index (χ1v) is 14.5. The number of hydrogen-bond acceptors (Lipinski definition) is 4. The van der Waals surface area contributed by atoms with Crippen LogP contribution in [0.1, 0.15) is 64.5 Å². The first-order valence-electron chi connectivity index (χ1n) is 12.7. The van der Waals surface area contributed by atoms with Crippen LogP contribution in [0, 0.1) is 0 Å². The van der Waals surface area contributed by atoms with Crippen molar-refractivity contribution >= 4 is 27.5 Å². The van der Waals surface area contributed by atoms with Crippen molar-refractivity contribution in [2.24, 2.45) is 0 Å². The topological polar surface area (TPSA) is 86.8 Å². The number of carbonyl (C=O) groups excluding carboxylic acids is 2. The number of carbonyl (C=O) groups is 2. The minimum absolute atomic E-state index is 0.0235. The fourth-order valence-electron chi connectivity index (χ4n) is 3.98. The maximum Gasteiger partial charge on any atom is 0.244 e. The lowest BCUT2D eigenvalue weighted by molar-refractivity contribution is -0.139. The third-order valence-electron chi connectivity index (χ3n) is 6.40. The van der Waals surface area contributed by atoms with Crippen molar-refractivity contribution in [3.8, 4) is 0 Å². The SMILES string of the molecule is CC[C@@H](C)NC(=O)[C@@H](CC)N(CCc1ccccc1)C(=O)CN(c1ccc(C(C)C)cc1)S(C)(=O)=O. The monoisotopic (exact) mass is 515 g/mol. The predicted octanol–water partition coefficient (Wildman–Crippen LogP) is 4.34. The third-order valence-corrected chi connectivity index (χ3v) is 7.54. The average molecular weight is 516 g/mol. The van der Waals surface area contributed by atoms with Crippen LogP contribution in [0.3, 0.4) is 0 Å². The molecule has 8 heteroatoms. The van der Waals surface area contributed by atoms with Crippen LogP contribution in [0.25, 0.3) is 0 Å². The summed E-state index contributed by atoms with van der Waals surface area (Å²) in [5.74, 6) is -0.328. The molecule has 0 aliphatic heterocycles. The molecule has 2 atom stereocenters. The van der Waals surface area contributed by atoms with Gasteiger partial charge in [-0.2, -0.15) is 0 Å². The number of anilines is 1. The Morgan fingerprint density at radius 2 is 1.53 bits per heavy atom. The Morgan fingerprint density at radius 1 is 0.917 bits per heavy atom. The molecule has 2 amide bonds. The van der Waals surface area contributed by atoms with Crippen molar-refractivity contribution in [3.05, 3.63) is 65.7 Å². The molecular weight excluding hydrogens is 474 g/mol. The molecule has 7 nitrogen and oxygen atoms in total. The van der Waals surface area contributed by atoms with Crippen molar-refractivity contribution in [2.45, 2.75) is 71.9 Å². The van der Waals surface area contributed by atoms with Crippen LogP contribution < -0.4 is 9.62 Å². The lowest BCUT2D eigenvalue weighted by atomic mass is 10.0. The second kappa shape index (κ2) is 13.4. The van der Waals surface area contributed by atoms with Gasteiger partial charge in [-0.05, 0) is 55.4 Å². The number of nitrogens with zero attached hydrogens (tertiary/aromatic N) is 2. The Balaban J connectivity index is 2.36. The van der Waals surface area contributed by atoms with Crippen LogP contribution in [0.4, 0.5) is 5.69 Å². The second-order valence-corrected chi connectivity index (χ2v) is 11.5. The molecular formula is C28H41N3O4S. The van der Waals surface area contributed by atoms with E-state index in [1.807, 2.05) is 63.2 Å². The molecule has 0 fully saturated rings. The minimum atomic E-state index is -3.74. The zero-order chi connectivity index (χ0) is 26.9. The molecule has 0 radical (unpaired) electrons. The molecule has 0 aliphatic rings. The molecule has 0 saturated carbocycles. The summed E-state index contributed by atoms with van der Waals surface area (Å²) in [5.41, 5.74) is 2.54. The Morgan fingerprint density at radius 3 is 2.03 bits per heavy atom. The van der Waals surface area contributed by atoms with E-state index in [0.29, 0.717) is 31.0 Å². The Hall–Kier alpha value is -2.87. The summed E-state index contributed by atoms with van der Waals surface area (Å²) in [6.07, 6.45) is 2.85. The van der Waals surface area contributed by atoms with Crippen LogP contribution in [0.2, 0.25) is 0 Å². The molecule has 0 heterocycles. The standard InChI is InChI=1S/C28H41N3O4S/c1-7-22(5)29-28(33)26(8-2)30(19-18-23-12-10-9-11-13-23)27(32)20-31(36(6,34)35)25-16-14-24(15-17-25)21(3)4/h9-17,21-22,26H,7-8,18-20H2,1-6H3,(H,29,33)/t22-,26-/m1/s1. The summed E-state index contributed by atoms with van der Waals surface area (Å²) >= 11 is 0. The van der Waals surface area contributed by atoms with Gasteiger partial charge in [0.2, 0.25) is 21.8 Å². The molecule has 0 aliphatic carbocycles. The fraction of sp³-hybridized carbons (Fsp3) is 0.500. The van der Waals surface area contributed by atoms with Gasteiger partial charge in [0, 0.05) is 12.6 Å². The highest BCUT2D eigenvalue weighted by atomic mass is 32.2. The van der Waals surface area contributed by atoms with Crippen molar-refractivity contribution in [1.82, 2.24) is 10.2 Å². The van der Waals surface area contributed by atoms with Crippen LogP contribution >= 0.6 is 0 Å². The van der Waals surface area contributed by atoms with E-state index in [1.54, 1.807) is 12.1 Å². The maximum atomic E-state index is 13.7. The lowest BCUT2D eigenvalue weighted by Crippen LogP contribution is -2.54. The van der Waals surface area contributed by atoms with Crippen molar-refractivity contribution in [1.29, 1.82) is 0 Å². The molecule has 36 heavy (non-hydrogen) atoms. The second-order valence-electron chi connectivity index (χ2n) is 9.58. The highest BCUT2D eigenvalue weighted by Gasteiger charge is 2.31. The smallest absolute Gasteiger partial charge is 0.244 e. The summed E-state index contributed by atoms with van der Waals surface area (Å²) in [4.78, 5) is 28.3. The van der Waals surface area contributed by atoms with E-state index in [9.17, 15) is 18.0 Å². The van der Waals surface area contributed by atoms with E-state index in [2.05, 4.69) is 19.2 Å². The number of benzene rings is 2. The van der Waals surface area contributed by atoms with Crippen LogP contribution in [0.5, 0.6) is 0 Å². The van der Waals surface area contributed by atoms with E-state index in [-0.39, 0.29) is 18.5 Å². The van der Waals surface area contributed by atoms with Crippen molar-refractivity contribution < 1.29 is 18.0 Å². The number of nitrogens with one attached hydrogen (secondary N) is 1. The van der Waals surface area contributed by atoms with Gasteiger partial charge in [-0.15, -0.1) is 0 Å². The van der Waals surface area contributed by atoms with Gasteiger partial charge in [-0.3, -0.25) is 13.9 Å². The maximum absolute atomic E-state index is 13.7. The molecule has 0 spiro atoms. The molecule has 2 aromatic rings. The highest BCUT2D eigenvalue weighted by Crippen LogP contribution is 2.22. The highest BCUT2D eigenvalue weighted by molar-refractivity contribution is 7.92. The molecule has 0 aromatic heterocycles. The zero-order valence-electron chi connectivity index (χ0n) is 22.4. The molecule has 198 valence electrons. The van der Waals surface area contributed by atoms with E-state index < -0.39 is 22.0 Å². The van der Waals surface area contributed by atoms with E-state index in [0.717, 1.165) is 28.1 Å². The van der Waals surface area contributed by atoms with Gasteiger partial charge in [0.25, 0.3) is 0 Å². The fourth-order valence-corrected chi connectivity index (χ4v) is 4.83. The van der Waals surface area contributed by atoms with Crippen molar-refractivity contribution in [2.75, 3.05) is 23.7 Å². The third kappa shape index (κ3) is 8.36. The molecule has 2 aromatic carbocycles. The van der Waals surface area contributed by atoms with E-state index >= 15 is 0 Å². The van der Waals surface area contributed by atoms with Gasteiger partial charge in [0.05, 0.1) is 11.9 Å². The summed E-state index contributed by atoms with van der Waals surface area (Å²) in [6, 6.07) is 16.2. The average Bonchev–Trinajstić information content (AvgIpc) is 2.84. The van der Waals surface area contributed by atoms with Gasteiger partial charge in [-0.25, -0.2) is 8.42 Å². The van der Waals surface area contributed by atoms with Crippen LogP contribution in [-0.2, 0) is 26.0 Å². The quantitative estimate of drug-likeness (QED) is 0.430. The van der Waals surface area contributed by atoms with Gasteiger partial charge in [0.15, 0.2) is 0 Å². The van der Waals surface area contributed by atoms with Crippen LogP contribution in [-0.4, -0.2) is 56.6 Å². The molecule has 2 rings (SSSR count). The first kappa shape index (κ1) is 29.4. The summed E-state index contributed by atoms with van der Waals surface area (Å²) in [6.45, 7) is 9.83. The molecule has 1 N–H and O–H groups in total. The van der Waals surface area contributed by atoms with Gasteiger partial charge < -0.3 is 10.2 Å². The number of hydrogen-bond donors (Lipinski definition) is 1. The van der Waals surface area contributed by atoms with E-state index in [4.69, 9.17) is 0 Å². The Labute approximate surface area is 216 Å². The van der Waals surface area contributed by atoms with Gasteiger partial charge >= 0.3 is 0 Å². The normalized spacial score (nSPS) is 13.2. The van der Waals surface area contributed by atoms with E-state index in [1.165, 1.54) is 4.90 Å². The summed E-state index contributed by atoms with van der Waals surface area (Å²) in [5, 5.41) is 2.98. The molecule has 0 saturated heterocycles. The number of amides is 2. The first-order chi connectivity index (χ1) is 17.0.